The second-order valence-electron chi connectivity index (χ2n) is 6.58. The average Bonchev–Trinajstić information content (AvgIpc) is 2.80. The fraction of sp³-hybridized carbons (Fsp3) is 0.348. The van der Waals surface area contributed by atoms with Crippen LogP contribution in [0.15, 0.2) is 39.3 Å². The maximum absolute atomic E-state index is 11.6. The molecule has 0 aliphatic heterocycles. The van der Waals surface area contributed by atoms with Crippen LogP contribution < -0.4 is 15.8 Å². The van der Waals surface area contributed by atoms with Gasteiger partial charge in [-0.15, -0.1) is 11.8 Å². The van der Waals surface area contributed by atoms with Gasteiger partial charge in [0, 0.05) is 55.5 Å². The Hall–Kier alpha value is -3.60. The highest BCUT2D eigenvalue weighted by Crippen LogP contribution is 2.35. The van der Waals surface area contributed by atoms with Crippen LogP contribution in [0.3, 0.4) is 0 Å². The van der Waals surface area contributed by atoms with Gasteiger partial charge in [0.05, 0.1) is 13.2 Å². The van der Waals surface area contributed by atoms with Crippen LogP contribution in [0.5, 0.6) is 5.75 Å². The summed E-state index contributed by atoms with van der Waals surface area (Å²) < 4.78 is 14.8. The number of carbonyl (C=O) groups excluding carboxylic acids is 2. The Bertz CT molecular complexity index is 1040. The molecule has 0 fully saturated rings. The number of alkyl carbamates (subject to hydrolysis) is 1. The standard InChI is InChI=1S/C23H29N5O5S/c1-5-31-22(29)27-11-12-34-21-18(14-26-4)19(17(13-25-3)20(24)28-21)15-7-9-16(10-8-15)33-23(30)32-6-2/h7-10,13-14H,5-6,11-12H2,1-4H3,(H2,24,28)(H,27,29). The number of rotatable bonds is 10. The van der Waals surface area contributed by atoms with Crippen LogP contribution in [0.4, 0.5) is 15.4 Å². The number of nitrogens with two attached hydrogens (primary N) is 1. The number of aromatic nitrogens is 1. The van der Waals surface area contributed by atoms with Crippen molar-refractivity contribution in [2.45, 2.75) is 18.9 Å². The number of benzene rings is 1. The third-order valence-corrected chi connectivity index (χ3v) is 5.27. The molecule has 2 aromatic rings. The molecule has 182 valence electrons. The Morgan fingerprint density at radius 1 is 1.06 bits per heavy atom. The lowest BCUT2D eigenvalue weighted by molar-refractivity contribution is 0.104. The quantitative estimate of drug-likeness (QED) is 0.170. The van der Waals surface area contributed by atoms with Gasteiger partial charge in [-0.3, -0.25) is 9.98 Å². The van der Waals surface area contributed by atoms with E-state index in [1.807, 2.05) is 0 Å². The van der Waals surface area contributed by atoms with E-state index in [1.165, 1.54) is 11.8 Å². The summed E-state index contributed by atoms with van der Waals surface area (Å²) in [7, 11) is 3.32. The first-order valence-corrected chi connectivity index (χ1v) is 11.6. The summed E-state index contributed by atoms with van der Waals surface area (Å²) in [6, 6.07) is 6.94. The predicted octanol–water partition coefficient (Wildman–Crippen LogP) is 3.80. The number of amides is 1. The number of aliphatic imine (C=N–C) groups is 2. The summed E-state index contributed by atoms with van der Waals surface area (Å²) >= 11 is 1.43. The lowest BCUT2D eigenvalue weighted by atomic mass is 9.96. The molecule has 0 radical (unpaired) electrons. The summed E-state index contributed by atoms with van der Waals surface area (Å²) in [6.45, 7) is 4.37. The van der Waals surface area contributed by atoms with E-state index in [2.05, 4.69) is 20.3 Å². The van der Waals surface area contributed by atoms with Crippen molar-refractivity contribution in [1.82, 2.24) is 10.3 Å². The number of anilines is 1. The van der Waals surface area contributed by atoms with Gasteiger partial charge in [-0.05, 0) is 31.5 Å². The highest BCUT2D eigenvalue weighted by atomic mass is 32.2. The zero-order valence-electron chi connectivity index (χ0n) is 19.7. The van der Waals surface area contributed by atoms with Crippen molar-refractivity contribution in [3.05, 3.63) is 35.4 Å². The number of nitrogens with zero attached hydrogens (tertiary/aromatic N) is 3. The molecule has 0 spiro atoms. The average molecular weight is 488 g/mol. The first kappa shape index (κ1) is 26.7. The summed E-state index contributed by atoms with van der Waals surface area (Å²) in [5, 5.41) is 3.34. The van der Waals surface area contributed by atoms with Gasteiger partial charge in [0.1, 0.15) is 16.6 Å². The molecule has 1 aromatic carbocycles. The largest absolute Gasteiger partial charge is 0.513 e. The summed E-state index contributed by atoms with van der Waals surface area (Å²) in [6.07, 6.45) is 2.12. The summed E-state index contributed by atoms with van der Waals surface area (Å²) in [5.74, 6) is 1.20. The van der Waals surface area contributed by atoms with E-state index >= 15 is 0 Å². The normalized spacial score (nSPS) is 11.1. The number of nitrogen functional groups attached to an aromatic ring is 1. The molecule has 10 nitrogen and oxygen atoms in total. The maximum atomic E-state index is 11.6. The number of carbonyl (C=O) groups is 2. The van der Waals surface area contributed by atoms with Gasteiger partial charge in [-0.25, -0.2) is 14.6 Å². The molecule has 34 heavy (non-hydrogen) atoms. The molecular weight excluding hydrogens is 458 g/mol. The predicted molar refractivity (Wildman–Crippen MR) is 135 cm³/mol. The number of ether oxygens (including phenoxy) is 3. The molecule has 1 amide bonds. The van der Waals surface area contributed by atoms with Crippen molar-refractivity contribution in [1.29, 1.82) is 0 Å². The zero-order chi connectivity index (χ0) is 24.9. The monoisotopic (exact) mass is 487 g/mol. The molecule has 2 rings (SSSR count). The Morgan fingerprint density at radius 2 is 1.71 bits per heavy atom. The van der Waals surface area contributed by atoms with Gasteiger partial charge in [-0.1, -0.05) is 12.1 Å². The van der Waals surface area contributed by atoms with Crippen molar-refractivity contribution < 1.29 is 23.8 Å². The van der Waals surface area contributed by atoms with Gasteiger partial charge in [0.2, 0.25) is 0 Å². The zero-order valence-corrected chi connectivity index (χ0v) is 20.5. The van der Waals surface area contributed by atoms with Gasteiger partial charge in [0.25, 0.3) is 0 Å². The summed E-state index contributed by atoms with van der Waals surface area (Å²) in [5.41, 5.74) is 9.29. The number of pyridine rings is 1. The first-order chi connectivity index (χ1) is 16.4. The van der Waals surface area contributed by atoms with Crippen molar-refractivity contribution in [2.75, 3.05) is 45.3 Å². The van der Waals surface area contributed by atoms with Crippen LogP contribution in [0.2, 0.25) is 0 Å². The molecule has 3 N–H and O–H groups in total. The fourth-order valence-corrected chi connectivity index (χ4v) is 3.83. The second kappa shape index (κ2) is 13.8. The lowest BCUT2D eigenvalue weighted by Crippen LogP contribution is -2.26. The van der Waals surface area contributed by atoms with Crippen LogP contribution >= 0.6 is 11.8 Å². The fourth-order valence-electron chi connectivity index (χ4n) is 2.96. The van der Waals surface area contributed by atoms with Gasteiger partial charge < -0.3 is 25.3 Å². The Morgan fingerprint density at radius 3 is 2.32 bits per heavy atom. The number of thioether (sulfide) groups is 1. The summed E-state index contributed by atoms with van der Waals surface area (Å²) in [4.78, 5) is 36.0. The van der Waals surface area contributed by atoms with Crippen LogP contribution in [0.25, 0.3) is 11.1 Å². The molecule has 0 aliphatic carbocycles. The Kier molecular flexibility index (Phi) is 10.8. The van der Waals surface area contributed by atoms with Crippen LogP contribution in [-0.4, -0.2) is 69.3 Å². The lowest BCUT2D eigenvalue weighted by Gasteiger charge is -2.16. The van der Waals surface area contributed by atoms with Crippen molar-refractivity contribution in [2.24, 2.45) is 9.98 Å². The molecule has 11 heteroatoms. The van der Waals surface area contributed by atoms with Gasteiger partial charge in [-0.2, -0.15) is 0 Å². The minimum atomic E-state index is -0.767. The van der Waals surface area contributed by atoms with Crippen LogP contribution in [0.1, 0.15) is 25.0 Å². The van der Waals surface area contributed by atoms with Crippen molar-refractivity contribution in [3.63, 3.8) is 0 Å². The molecule has 0 bridgehead atoms. The molecular formula is C23H29N5O5S. The highest BCUT2D eigenvalue weighted by molar-refractivity contribution is 7.99. The van der Waals surface area contributed by atoms with Gasteiger partial charge >= 0.3 is 12.2 Å². The van der Waals surface area contributed by atoms with E-state index in [1.54, 1.807) is 64.6 Å². The third kappa shape index (κ3) is 7.48. The van der Waals surface area contributed by atoms with Gasteiger partial charge in [0.15, 0.2) is 0 Å². The molecule has 0 unspecified atom stereocenters. The molecule has 0 saturated carbocycles. The number of nitrogens with one attached hydrogen (secondary N) is 1. The van der Waals surface area contributed by atoms with E-state index in [4.69, 9.17) is 19.9 Å². The minimum Gasteiger partial charge on any atom is -0.450 e. The minimum absolute atomic E-state index is 0.225. The molecule has 0 aliphatic rings. The van der Waals surface area contributed by atoms with E-state index in [0.717, 1.165) is 16.7 Å². The SMILES string of the molecule is CCOC(=O)NCCSc1nc(N)c(C=NC)c(-c2ccc(OC(=O)OCC)cc2)c1C=NC. The molecule has 0 saturated heterocycles. The van der Waals surface area contributed by atoms with Crippen LogP contribution in [-0.2, 0) is 9.47 Å². The van der Waals surface area contributed by atoms with Crippen molar-refractivity contribution in [3.8, 4) is 16.9 Å². The van der Waals surface area contributed by atoms with Crippen molar-refractivity contribution >= 4 is 42.3 Å². The molecule has 0 atom stereocenters. The van der Waals surface area contributed by atoms with E-state index in [-0.39, 0.29) is 6.61 Å². The number of hydrogen-bond donors (Lipinski definition) is 2. The Balaban J connectivity index is 2.42. The third-order valence-electron chi connectivity index (χ3n) is 4.28. The van der Waals surface area contributed by atoms with E-state index < -0.39 is 12.2 Å². The smallest absolute Gasteiger partial charge is 0.450 e. The maximum Gasteiger partial charge on any atom is 0.513 e. The van der Waals surface area contributed by atoms with E-state index in [0.29, 0.717) is 41.1 Å². The molecule has 1 aromatic heterocycles. The highest BCUT2D eigenvalue weighted by Gasteiger charge is 2.19. The topological polar surface area (TPSA) is 137 Å². The van der Waals surface area contributed by atoms with E-state index in [9.17, 15) is 9.59 Å². The first-order valence-electron chi connectivity index (χ1n) is 10.6. The Labute approximate surface area is 203 Å². The second-order valence-corrected chi connectivity index (χ2v) is 7.67. The molecule has 1 heterocycles. The number of hydrogen-bond acceptors (Lipinski definition) is 10. The van der Waals surface area contributed by atoms with Crippen LogP contribution in [0, 0.1) is 0 Å².